The Bertz CT molecular complexity index is 1650. The third-order valence-electron chi connectivity index (χ3n) is 6.73. The highest BCUT2D eigenvalue weighted by Crippen LogP contribution is 2.30. The van der Waals surface area contributed by atoms with Crippen molar-refractivity contribution in [3.63, 3.8) is 0 Å². The molecule has 1 aliphatic carbocycles. The largest absolute Gasteiger partial charge is 0.393 e. The van der Waals surface area contributed by atoms with Crippen LogP contribution in [0.2, 0.25) is 10.2 Å². The van der Waals surface area contributed by atoms with Gasteiger partial charge in [0.2, 0.25) is 17.7 Å². The van der Waals surface area contributed by atoms with Gasteiger partial charge in [0.1, 0.15) is 19.1 Å². The number of halogens is 2. The van der Waals surface area contributed by atoms with Gasteiger partial charge in [-0.25, -0.2) is 4.68 Å². The number of amides is 3. The van der Waals surface area contributed by atoms with Crippen LogP contribution < -0.4 is 15.5 Å². The highest BCUT2D eigenvalue weighted by Gasteiger charge is 2.39. The number of carbonyl (C=O) groups is 3. The monoisotopic (exact) mass is 604 g/mol. The molecule has 3 aromatic rings. The predicted octanol–water partition coefficient (Wildman–Crippen LogP) is 3.05. The molecule has 1 aliphatic heterocycles. The van der Waals surface area contributed by atoms with Gasteiger partial charge in [-0.3, -0.25) is 19.3 Å². The van der Waals surface area contributed by atoms with E-state index in [1.165, 1.54) is 20.7 Å². The summed E-state index contributed by atoms with van der Waals surface area (Å²) in [5.41, 5.74) is 2.97. The summed E-state index contributed by atoms with van der Waals surface area (Å²) in [4.78, 5) is 43.6. The Morgan fingerprint density at radius 2 is 1.86 bits per heavy atom. The maximum Gasteiger partial charge on any atom is 0.247 e. The number of hydrogen-bond acceptors (Lipinski definition) is 7. The van der Waals surface area contributed by atoms with Crippen molar-refractivity contribution in [3.05, 3.63) is 106 Å². The van der Waals surface area contributed by atoms with Crippen LogP contribution in [0.5, 0.6) is 0 Å². The van der Waals surface area contributed by atoms with Gasteiger partial charge in [0.25, 0.3) is 0 Å². The van der Waals surface area contributed by atoms with Crippen LogP contribution in [0.3, 0.4) is 0 Å². The van der Waals surface area contributed by atoms with Crippen molar-refractivity contribution in [1.29, 1.82) is 5.41 Å². The van der Waals surface area contributed by atoms with Gasteiger partial charge in [-0.1, -0.05) is 58.7 Å². The quantitative estimate of drug-likeness (QED) is 0.361. The Kier molecular flexibility index (Phi) is 8.51. The molecule has 0 spiro atoms. The van der Waals surface area contributed by atoms with Crippen LogP contribution in [0.15, 0.2) is 90.4 Å². The fraction of sp³-hybridized carbons (Fsp3) is 0.172. The molecule has 0 radical (unpaired) electrons. The van der Waals surface area contributed by atoms with E-state index in [4.69, 9.17) is 28.6 Å². The van der Waals surface area contributed by atoms with Crippen LogP contribution in [-0.4, -0.2) is 69.5 Å². The van der Waals surface area contributed by atoms with Crippen molar-refractivity contribution in [2.75, 3.05) is 25.0 Å². The van der Waals surface area contributed by atoms with E-state index in [0.717, 1.165) is 5.56 Å². The molecule has 1 atom stereocenters. The number of nitrogens with zero attached hydrogens (tertiary/aromatic N) is 5. The van der Waals surface area contributed by atoms with Crippen LogP contribution >= 0.6 is 23.2 Å². The van der Waals surface area contributed by atoms with Gasteiger partial charge in [0, 0.05) is 36.0 Å². The highest BCUT2D eigenvalue weighted by atomic mass is 35.5. The third-order valence-corrected chi connectivity index (χ3v) is 7.14. The van der Waals surface area contributed by atoms with Crippen molar-refractivity contribution >= 4 is 52.3 Å². The van der Waals surface area contributed by atoms with Gasteiger partial charge in [0.15, 0.2) is 5.15 Å². The Balaban J connectivity index is 1.43. The lowest BCUT2D eigenvalue weighted by Gasteiger charge is -2.38. The Hall–Kier alpha value is -4.74. The van der Waals surface area contributed by atoms with E-state index >= 15 is 0 Å². The number of rotatable bonds is 8. The topological polar surface area (TPSA) is 136 Å². The molecule has 1 unspecified atom stereocenters. The fourth-order valence-electron chi connectivity index (χ4n) is 4.73. The number of benzene rings is 2. The summed E-state index contributed by atoms with van der Waals surface area (Å²) in [5, 5.41) is 22.1. The smallest absolute Gasteiger partial charge is 0.247 e. The first-order chi connectivity index (χ1) is 20.2. The first kappa shape index (κ1) is 28.8. The summed E-state index contributed by atoms with van der Waals surface area (Å²) in [6.07, 6.45) is 8.18. The first-order valence-electron chi connectivity index (χ1n) is 12.9. The zero-order chi connectivity index (χ0) is 29.8. The average Bonchev–Trinajstić information content (AvgIpc) is 3.41. The molecular weight excluding hydrogens is 579 g/mol. The summed E-state index contributed by atoms with van der Waals surface area (Å²) in [6, 6.07) is 13.1. The third kappa shape index (κ3) is 6.27. The van der Waals surface area contributed by atoms with Gasteiger partial charge in [0.05, 0.1) is 23.3 Å². The van der Waals surface area contributed by atoms with E-state index in [-0.39, 0.29) is 30.4 Å². The molecule has 0 bridgehead atoms. The number of piperazine rings is 1. The molecule has 214 valence electrons. The van der Waals surface area contributed by atoms with Crippen molar-refractivity contribution in [2.45, 2.75) is 12.5 Å². The fourth-order valence-corrected chi connectivity index (χ4v) is 5.02. The zero-order valence-electron chi connectivity index (χ0n) is 22.4. The van der Waals surface area contributed by atoms with E-state index < -0.39 is 23.8 Å². The maximum atomic E-state index is 13.7. The SMILES string of the molecule is CN/C=C1/C=C(NC(=O)C(Cc2ccccc2)N2CC(=O)N(c3cc(Cl)ccc3-n3cc(Cl)nn3)CC2=O)C=CC1=N. The second-order valence-electron chi connectivity index (χ2n) is 9.55. The standard InChI is InChI=1S/C29H26Cl2N8O3/c1-33-14-19-12-21(8-9-22(19)32)34-29(42)25(11-18-5-3-2-4-6-18)38-17-27(40)37(16-28(38)41)24-13-20(30)7-10-23(24)39-15-26(31)35-36-39/h2-10,12-15,25,32-33H,11,16-17H2,1H3,(H,34,42)/b19-14-,32-22?. The molecule has 1 aromatic heterocycles. The number of carbonyl (C=O) groups excluding carboxylic acids is 3. The molecule has 1 fully saturated rings. The lowest BCUT2D eigenvalue weighted by atomic mass is 10.0. The molecule has 42 heavy (non-hydrogen) atoms. The minimum atomic E-state index is -0.980. The zero-order valence-corrected chi connectivity index (χ0v) is 23.9. The summed E-state index contributed by atoms with van der Waals surface area (Å²) < 4.78 is 1.39. The molecule has 5 rings (SSSR count). The van der Waals surface area contributed by atoms with Gasteiger partial charge >= 0.3 is 0 Å². The summed E-state index contributed by atoms with van der Waals surface area (Å²) >= 11 is 12.2. The molecular formula is C29H26Cl2N8O3. The van der Waals surface area contributed by atoms with Crippen molar-refractivity contribution in [3.8, 4) is 5.69 Å². The van der Waals surface area contributed by atoms with E-state index in [1.54, 1.807) is 49.7 Å². The molecule has 3 N–H and O–H groups in total. The van der Waals surface area contributed by atoms with Gasteiger partial charge < -0.3 is 20.9 Å². The predicted molar refractivity (Wildman–Crippen MR) is 160 cm³/mol. The van der Waals surface area contributed by atoms with E-state index in [0.29, 0.717) is 27.7 Å². The Labute approximate surface area is 251 Å². The van der Waals surface area contributed by atoms with Crippen LogP contribution in [0, 0.1) is 5.41 Å². The molecule has 2 heterocycles. The number of allylic oxidation sites excluding steroid dienone is 4. The van der Waals surface area contributed by atoms with Crippen LogP contribution in [0.25, 0.3) is 5.69 Å². The number of nitrogens with one attached hydrogen (secondary N) is 3. The van der Waals surface area contributed by atoms with Crippen LogP contribution in [-0.2, 0) is 20.8 Å². The van der Waals surface area contributed by atoms with E-state index in [2.05, 4.69) is 20.9 Å². The highest BCUT2D eigenvalue weighted by molar-refractivity contribution is 6.31. The summed E-state index contributed by atoms with van der Waals surface area (Å²) in [7, 11) is 1.72. The molecule has 2 aliphatic rings. The molecule has 13 heteroatoms. The minimum Gasteiger partial charge on any atom is -0.393 e. The van der Waals surface area contributed by atoms with E-state index in [9.17, 15) is 14.4 Å². The van der Waals surface area contributed by atoms with Crippen molar-refractivity contribution < 1.29 is 14.4 Å². The van der Waals surface area contributed by atoms with Gasteiger partial charge in [-0.2, -0.15) is 0 Å². The normalized spacial score (nSPS) is 17.0. The van der Waals surface area contributed by atoms with E-state index in [1.807, 2.05) is 30.3 Å². The average molecular weight is 605 g/mol. The molecule has 2 aromatic carbocycles. The number of aromatic nitrogens is 3. The lowest BCUT2D eigenvalue weighted by molar-refractivity contribution is -0.145. The van der Waals surface area contributed by atoms with Gasteiger partial charge in [-0.05, 0) is 42.0 Å². The number of anilines is 1. The molecule has 0 saturated carbocycles. The first-order valence-corrected chi connectivity index (χ1v) is 13.7. The lowest BCUT2D eigenvalue weighted by Crippen LogP contribution is -2.60. The van der Waals surface area contributed by atoms with Gasteiger partial charge in [-0.15, -0.1) is 5.10 Å². The molecule has 11 nitrogen and oxygen atoms in total. The Morgan fingerprint density at radius 1 is 1.07 bits per heavy atom. The van der Waals surface area contributed by atoms with Crippen LogP contribution in [0.4, 0.5) is 5.69 Å². The molecule has 3 amide bonds. The summed E-state index contributed by atoms with van der Waals surface area (Å²) in [6.45, 7) is -0.653. The second-order valence-corrected chi connectivity index (χ2v) is 10.4. The second kappa shape index (κ2) is 12.4. The maximum absolute atomic E-state index is 13.7. The number of hydrogen-bond donors (Lipinski definition) is 3. The molecule has 1 saturated heterocycles. The van der Waals surface area contributed by atoms with Crippen LogP contribution in [0.1, 0.15) is 5.56 Å². The van der Waals surface area contributed by atoms with Crippen molar-refractivity contribution in [2.24, 2.45) is 0 Å². The Morgan fingerprint density at radius 3 is 2.57 bits per heavy atom. The minimum absolute atomic E-state index is 0.159. The summed E-state index contributed by atoms with van der Waals surface area (Å²) in [5.74, 6) is -1.28. The van der Waals surface area contributed by atoms with Crippen molar-refractivity contribution in [1.82, 2.24) is 30.5 Å².